The van der Waals surface area contributed by atoms with Gasteiger partial charge in [-0.3, -0.25) is 9.69 Å². The van der Waals surface area contributed by atoms with Gasteiger partial charge >= 0.3 is 6.03 Å². The number of urea groups is 1. The van der Waals surface area contributed by atoms with E-state index in [1.54, 1.807) is 0 Å². The number of carbonyl (C=O) groups excluding carboxylic acids is 2. The molecule has 0 spiro atoms. The molecule has 1 heterocycles. The molecular weight excluding hydrogens is 507 g/mol. The summed E-state index contributed by atoms with van der Waals surface area (Å²) < 4.78 is 0. The molecule has 198 valence electrons. The van der Waals surface area contributed by atoms with Gasteiger partial charge in [0.05, 0.1) is 12.0 Å². The van der Waals surface area contributed by atoms with Gasteiger partial charge in [0.25, 0.3) is 0 Å². The summed E-state index contributed by atoms with van der Waals surface area (Å²) >= 11 is 0. The van der Waals surface area contributed by atoms with Crippen molar-refractivity contribution < 1.29 is 19.4 Å². The first-order valence-electron chi connectivity index (χ1n) is 12.9. The van der Waals surface area contributed by atoms with Gasteiger partial charge in [0, 0.05) is 19.4 Å². The fraction of sp³-hybridized carbons (Fsp3) is 0.156. The fourth-order valence-electron chi connectivity index (χ4n) is 4.94. The summed E-state index contributed by atoms with van der Waals surface area (Å²) in [5.41, 5.74) is 2.64. The van der Waals surface area contributed by atoms with E-state index in [0.29, 0.717) is 0 Å². The first-order valence-corrected chi connectivity index (χ1v) is 14.6. The van der Waals surface area contributed by atoms with Gasteiger partial charge in [-0.2, -0.15) is 0 Å². The molecule has 0 fully saturated rings. The van der Waals surface area contributed by atoms with E-state index >= 15 is 0 Å². The first kappa shape index (κ1) is 26.6. The van der Waals surface area contributed by atoms with Crippen LogP contribution in [0.2, 0.25) is 0 Å². The van der Waals surface area contributed by atoms with Crippen molar-refractivity contribution in [3.8, 4) is 0 Å². The number of hydrogen-bond donors (Lipinski definition) is 2. The Hall–Kier alpha value is -3.96. The third-order valence-electron chi connectivity index (χ3n) is 6.97. The van der Waals surface area contributed by atoms with E-state index in [2.05, 4.69) is 0 Å². The highest BCUT2D eigenvalue weighted by Crippen LogP contribution is 2.47. The number of rotatable bonds is 8. The molecule has 1 aliphatic rings. The average Bonchev–Trinajstić information content (AvgIpc) is 3.02. The van der Waals surface area contributed by atoms with Crippen molar-refractivity contribution in [1.29, 1.82) is 0 Å². The second-order valence-electron chi connectivity index (χ2n) is 9.69. The molecular formula is C32H31N2O4P. The standard InChI is InChI=1S/C32H31N2O4P/c35-31-29(21-25-13-5-1-6-14-25)33(23-27-17-9-3-10-18-27)32(36)34(24-28-19-11-4-12-20-28)30(39(31,37)38)22-26-15-7-2-8-16-26/h1-20,29,37-38H,21-24H2. The Bertz CT molecular complexity index is 1470. The Labute approximate surface area is 228 Å². The third kappa shape index (κ3) is 6.04. The Morgan fingerprint density at radius 3 is 1.54 bits per heavy atom. The molecule has 2 N–H and O–H groups in total. The lowest BCUT2D eigenvalue weighted by atomic mass is 10.0. The lowest BCUT2D eigenvalue weighted by Crippen LogP contribution is -2.50. The van der Waals surface area contributed by atoms with E-state index < -0.39 is 24.9 Å². The SMILES string of the molecule is O=C1N(Cc2ccccc2)C(Cc2ccccc2)=P(O)(O)C(=O)C(Cc2ccccc2)N1Cc1ccccc1. The largest absolute Gasteiger partial charge is 0.347 e. The second-order valence-corrected chi connectivity index (χ2v) is 11.9. The molecule has 0 saturated heterocycles. The summed E-state index contributed by atoms with van der Waals surface area (Å²) in [6.07, 6.45) is 0.252. The van der Waals surface area contributed by atoms with Gasteiger partial charge in [-0.25, -0.2) is 4.79 Å². The van der Waals surface area contributed by atoms with Crippen LogP contribution in [-0.4, -0.2) is 42.6 Å². The number of hydrogen-bond acceptors (Lipinski definition) is 4. The Kier molecular flexibility index (Phi) is 8.08. The van der Waals surface area contributed by atoms with Crippen molar-refractivity contribution in [3.05, 3.63) is 144 Å². The molecule has 1 aliphatic heterocycles. The van der Waals surface area contributed by atoms with E-state index in [1.807, 2.05) is 121 Å². The number of benzene rings is 4. The molecule has 4 aromatic carbocycles. The summed E-state index contributed by atoms with van der Waals surface area (Å²) in [7, 11) is -4.37. The van der Waals surface area contributed by atoms with Crippen LogP contribution in [0, 0.1) is 0 Å². The van der Waals surface area contributed by atoms with Crippen LogP contribution in [0.3, 0.4) is 0 Å². The van der Waals surface area contributed by atoms with Crippen molar-refractivity contribution in [2.75, 3.05) is 0 Å². The first-order chi connectivity index (χ1) is 18.9. The van der Waals surface area contributed by atoms with Crippen LogP contribution in [0.5, 0.6) is 0 Å². The molecule has 0 aromatic heterocycles. The number of nitrogens with zero attached hydrogens (tertiary/aromatic N) is 2. The summed E-state index contributed by atoms with van der Waals surface area (Å²) in [6.45, 7) is 0.272. The van der Waals surface area contributed by atoms with Crippen LogP contribution in [0.15, 0.2) is 121 Å². The molecule has 39 heavy (non-hydrogen) atoms. The molecule has 5 rings (SSSR count). The topological polar surface area (TPSA) is 81.1 Å². The normalized spacial score (nSPS) is 17.3. The van der Waals surface area contributed by atoms with Crippen molar-refractivity contribution in [2.45, 2.75) is 32.0 Å². The maximum atomic E-state index is 14.5. The van der Waals surface area contributed by atoms with Gasteiger partial charge < -0.3 is 14.7 Å². The molecule has 6 nitrogen and oxygen atoms in total. The molecule has 1 unspecified atom stereocenters. The highest BCUT2D eigenvalue weighted by Gasteiger charge is 2.46. The van der Waals surface area contributed by atoms with Gasteiger partial charge in [0.15, 0.2) is 0 Å². The minimum absolute atomic E-state index is 0.0566. The van der Waals surface area contributed by atoms with E-state index in [4.69, 9.17) is 0 Å². The summed E-state index contributed by atoms with van der Waals surface area (Å²) in [5, 5.41) is 0. The predicted octanol–water partition coefficient (Wildman–Crippen LogP) is 5.47. The second kappa shape index (κ2) is 11.8. The lowest BCUT2D eigenvalue weighted by Gasteiger charge is -2.33. The summed E-state index contributed by atoms with van der Waals surface area (Å²) in [4.78, 5) is 54.9. The van der Waals surface area contributed by atoms with E-state index in [9.17, 15) is 19.4 Å². The minimum Gasteiger partial charge on any atom is -0.347 e. The van der Waals surface area contributed by atoms with Gasteiger partial charge in [-0.1, -0.05) is 121 Å². The molecule has 2 amide bonds. The van der Waals surface area contributed by atoms with Crippen molar-refractivity contribution >= 4 is 24.3 Å². The quantitative estimate of drug-likeness (QED) is 0.292. The molecule has 7 heteroatoms. The van der Waals surface area contributed by atoms with Gasteiger partial charge in [0.2, 0.25) is 12.9 Å². The maximum absolute atomic E-state index is 14.5. The van der Waals surface area contributed by atoms with Gasteiger partial charge in [-0.15, -0.1) is 0 Å². The Morgan fingerprint density at radius 1 is 0.590 bits per heavy atom. The number of carbonyl (C=O) groups is 2. The van der Waals surface area contributed by atoms with Gasteiger partial charge in [-0.05, 0) is 22.3 Å². The third-order valence-corrected chi connectivity index (χ3v) is 9.00. The van der Waals surface area contributed by atoms with Crippen LogP contribution < -0.4 is 0 Å². The van der Waals surface area contributed by atoms with E-state index in [1.165, 1.54) is 9.80 Å². The zero-order chi connectivity index (χ0) is 27.2. The zero-order valence-electron chi connectivity index (χ0n) is 21.5. The number of amides is 2. The van der Waals surface area contributed by atoms with Crippen molar-refractivity contribution in [1.82, 2.24) is 9.80 Å². The van der Waals surface area contributed by atoms with Crippen LogP contribution in [0.25, 0.3) is 0 Å². The van der Waals surface area contributed by atoms with Crippen molar-refractivity contribution in [2.24, 2.45) is 0 Å². The Morgan fingerprint density at radius 2 is 1.03 bits per heavy atom. The fourth-order valence-corrected chi connectivity index (χ4v) is 6.73. The lowest BCUT2D eigenvalue weighted by molar-refractivity contribution is -0.116. The summed E-state index contributed by atoms with van der Waals surface area (Å²) in [5.74, 6) is 0. The van der Waals surface area contributed by atoms with Crippen LogP contribution in [0.4, 0.5) is 4.79 Å². The van der Waals surface area contributed by atoms with Gasteiger partial charge in [0.1, 0.15) is 6.04 Å². The highest BCUT2D eigenvalue weighted by molar-refractivity contribution is 7.81. The minimum atomic E-state index is -4.37. The predicted molar refractivity (Wildman–Crippen MR) is 155 cm³/mol. The monoisotopic (exact) mass is 538 g/mol. The zero-order valence-corrected chi connectivity index (χ0v) is 22.4. The van der Waals surface area contributed by atoms with Crippen LogP contribution in [0.1, 0.15) is 22.3 Å². The molecule has 0 radical (unpaired) electrons. The maximum Gasteiger partial charge on any atom is 0.325 e. The summed E-state index contributed by atoms with van der Waals surface area (Å²) in [6, 6.07) is 36.1. The van der Waals surface area contributed by atoms with Crippen molar-refractivity contribution in [3.63, 3.8) is 0 Å². The van der Waals surface area contributed by atoms with Crippen LogP contribution >= 0.6 is 7.34 Å². The van der Waals surface area contributed by atoms with Crippen LogP contribution in [-0.2, 0) is 30.7 Å². The molecule has 1 atom stereocenters. The smallest absolute Gasteiger partial charge is 0.325 e. The van der Waals surface area contributed by atoms with E-state index in [0.717, 1.165) is 22.3 Å². The highest BCUT2D eigenvalue weighted by atomic mass is 31.2. The Balaban J connectivity index is 1.66. The molecule has 0 bridgehead atoms. The average molecular weight is 539 g/mol. The molecule has 0 aliphatic carbocycles. The molecule has 4 aromatic rings. The molecule has 0 saturated carbocycles. The van der Waals surface area contributed by atoms with E-state index in [-0.39, 0.29) is 31.3 Å².